The molecule has 1 N–H and O–H groups in total. The Labute approximate surface area is 189 Å². The molecule has 1 fully saturated rings. The number of esters is 2. The summed E-state index contributed by atoms with van der Waals surface area (Å²) in [6, 6.07) is 11.4. The third-order valence-corrected chi connectivity index (χ3v) is 7.12. The Morgan fingerprint density at radius 3 is 2.71 bits per heavy atom. The number of hydrogen-bond donors (Lipinski definition) is 1. The van der Waals surface area contributed by atoms with Crippen LogP contribution in [0.4, 0.5) is 0 Å². The van der Waals surface area contributed by atoms with Gasteiger partial charge in [0.2, 0.25) is 0 Å². The Morgan fingerprint density at radius 2 is 2.00 bits per heavy atom. The van der Waals surface area contributed by atoms with Crippen LogP contribution >= 0.6 is 22.9 Å². The van der Waals surface area contributed by atoms with E-state index in [0.29, 0.717) is 14.7 Å². The zero-order valence-electron chi connectivity index (χ0n) is 17.1. The summed E-state index contributed by atoms with van der Waals surface area (Å²) < 4.78 is 11.3. The molecule has 1 atom stereocenters. The fourth-order valence-corrected chi connectivity index (χ4v) is 5.28. The maximum Gasteiger partial charge on any atom is 0.348 e. The summed E-state index contributed by atoms with van der Waals surface area (Å²) in [4.78, 5) is 30.2. The number of thiophene rings is 1. The number of carbonyl (C=O) groups excluding carboxylic acids is 2. The summed E-state index contributed by atoms with van der Waals surface area (Å²) in [6.07, 6.45) is 3.35. The van der Waals surface area contributed by atoms with Gasteiger partial charge in [0.1, 0.15) is 16.6 Å². The van der Waals surface area contributed by atoms with Crippen LogP contribution in [0.5, 0.6) is 0 Å². The molecule has 6 nitrogen and oxygen atoms in total. The molecule has 3 heterocycles. The predicted molar refractivity (Wildman–Crippen MR) is 121 cm³/mol. The highest BCUT2D eigenvalue weighted by atomic mass is 35.5. The minimum Gasteiger partial charge on any atom is -0.465 e. The summed E-state index contributed by atoms with van der Waals surface area (Å²) >= 11 is 7.55. The molecular formula is C23H23ClN2O4S. The molecule has 0 bridgehead atoms. The van der Waals surface area contributed by atoms with Crippen molar-refractivity contribution in [1.29, 1.82) is 0 Å². The smallest absolute Gasteiger partial charge is 0.348 e. The summed E-state index contributed by atoms with van der Waals surface area (Å²) in [6.45, 7) is 1.89. The number of aromatic nitrogens is 1. The van der Waals surface area contributed by atoms with Gasteiger partial charge in [0.15, 0.2) is 0 Å². The number of hydrogen-bond acceptors (Lipinski definition) is 7. The van der Waals surface area contributed by atoms with Crippen LogP contribution < -0.4 is 5.32 Å². The monoisotopic (exact) mass is 458 g/mol. The second-order valence-electron chi connectivity index (χ2n) is 7.51. The molecule has 1 aliphatic rings. The Bertz CT molecular complexity index is 1080. The highest BCUT2D eigenvalue weighted by molar-refractivity contribution is 7.21. The molecular weight excluding hydrogens is 436 g/mol. The van der Waals surface area contributed by atoms with Gasteiger partial charge in [-0.15, -0.1) is 11.3 Å². The first-order valence-corrected chi connectivity index (χ1v) is 11.4. The van der Waals surface area contributed by atoms with Gasteiger partial charge in [-0.2, -0.15) is 0 Å². The van der Waals surface area contributed by atoms with Crippen molar-refractivity contribution in [3.8, 4) is 0 Å². The molecule has 1 saturated heterocycles. The lowest BCUT2D eigenvalue weighted by molar-refractivity contribution is -0.148. The number of fused-ring (bicyclic) bond motifs is 1. The second kappa shape index (κ2) is 9.77. The van der Waals surface area contributed by atoms with Crippen molar-refractivity contribution in [2.24, 2.45) is 5.92 Å². The normalized spacial score (nSPS) is 15.5. The molecule has 1 aromatic carbocycles. The maximum atomic E-state index is 13.4. The second-order valence-corrected chi connectivity index (χ2v) is 8.92. The number of benzene rings is 1. The van der Waals surface area contributed by atoms with Gasteiger partial charge < -0.3 is 14.8 Å². The van der Waals surface area contributed by atoms with E-state index in [0.717, 1.165) is 42.4 Å². The van der Waals surface area contributed by atoms with Gasteiger partial charge in [-0.1, -0.05) is 41.9 Å². The predicted octanol–water partition coefficient (Wildman–Crippen LogP) is 4.56. The molecule has 2 aromatic heterocycles. The Balaban J connectivity index is 1.71. The quantitative estimate of drug-likeness (QED) is 0.431. The van der Waals surface area contributed by atoms with Crippen LogP contribution in [0.15, 0.2) is 42.6 Å². The van der Waals surface area contributed by atoms with Crippen LogP contribution in [-0.2, 0) is 20.9 Å². The van der Waals surface area contributed by atoms with E-state index < -0.39 is 11.9 Å². The third-order valence-electron chi connectivity index (χ3n) is 5.60. The summed E-state index contributed by atoms with van der Waals surface area (Å²) in [5.74, 6) is -1.10. The summed E-state index contributed by atoms with van der Waals surface area (Å²) in [5, 5.41) is 4.40. The molecule has 0 aliphatic carbocycles. The highest BCUT2D eigenvalue weighted by Crippen LogP contribution is 2.40. The highest BCUT2D eigenvalue weighted by Gasteiger charge is 2.34. The molecule has 4 rings (SSSR count). The molecule has 1 aliphatic heterocycles. The summed E-state index contributed by atoms with van der Waals surface area (Å²) in [5.41, 5.74) is 1.68. The van der Waals surface area contributed by atoms with Crippen LogP contribution in [0.2, 0.25) is 5.15 Å². The van der Waals surface area contributed by atoms with Crippen molar-refractivity contribution in [2.45, 2.75) is 25.4 Å². The number of pyridine rings is 1. The Morgan fingerprint density at radius 1 is 1.26 bits per heavy atom. The van der Waals surface area contributed by atoms with Crippen LogP contribution in [0, 0.1) is 5.92 Å². The van der Waals surface area contributed by atoms with Gasteiger partial charge in [-0.05, 0) is 49.0 Å². The SMILES string of the molecule is COC(=O)c1cc2c(C(C(=O)OCc3ccccc3)C3CCNCC3)cnc(Cl)c2s1. The lowest BCUT2D eigenvalue weighted by Gasteiger charge is -2.30. The molecule has 0 saturated carbocycles. The average molecular weight is 459 g/mol. The van der Waals surface area contributed by atoms with Crippen molar-refractivity contribution in [3.63, 3.8) is 0 Å². The Kier molecular flexibility index (Phi) is 6.85. The first kappa shape index (κ1) is 21.7. The van der Waals surface area contributed by atoms with E-state index in [1.807, 2.05) is 30.3 Å². The van der Waals surface area contributed by atoms with Crippen molar-refractivity contribution < 1.29 is 19.1 Å². The Hall–Kier alpha value is -2.48. The van der Waals surface area contributed by atoms with E-state index in [1.54, 1.807) is 12.3 Å². The fraction of sp³-hybridized carbons (Fsp3) is 0.348. The lowest BCUT2D eigenvalue weighted by Crippen LogP contribution is -2.34. The third kappa shape index (κ3) is 4.74. The number of nitrogens with zero attached hydrogens (tertiary/aromatic N) is 1. The van der Waals surface area contributed by atoms with Gasteiger partial charge in [-0.25, -0.2) is 9.78 Å². The van der Waals surface area contributed by atoms with Crippen molar-refractivity contribution in [3.05, 3.63) is 63.8 Å². The number of nitrogens with one attached hydrogen (secondary N) is 1. The number of rotatable bonds is 6. The molecule has 8 heteroatoms. The van der Waals surface area contributed by atoms with Crippen LogP contribution in [0.3, 0.4) is 0 Å². The molecule has 162 valence electrons. The van der Waals surface area contributed by atoms with E-state index in [-0.39, 0.29) is 18.5 Å². The number of halogens is 1. The van der Waals surface area contributed by atoms with Crippen molar-refractivity contribution in [2.75, 3.05) is 20.2 Å². The zero-order chi connectivity index (χ0) is 21.8. The average Bonchev–Trinajstić information content (AvgIpc) is 3.27. The largest absolute Gasteiger partial charge is 0.465 e. The first-order chi connectivity index (χ1) is 15.1. The fourth-order valence-electron chi connectivity index (χ4n) is 4.03. The van der Waals surface area contributed by atoms with Crippen molar-refractivity contribution >= 4 is 45.0 Å². The summed E-state index contributed by atoms with van der Waals surface area (Å²) in [7, 11) is 1.34. The standard InChI is InChI=1S/C23H23ClN2O4S/c1-29-22(27)18-11-16-17(12-26-21(24)20(16)31-18)19(15-7-9-25-10-8-15)23(28)30-13-14-5-3-2-4-6-14/h2-6,11-12,15,19,25H,7-10,13H2,1H3. The van der Waals surface area contributed by atoms with Crippen LogP contribution in [-0.4, -0.2) is 37.1 Å². The first-order valence-electron chi connectivity index (χ1n) is 10.2. The molecule has 0 amide bonds. The minimum absolute atomic E-state index is 0.108. The minimum atomic E-state index is -0.488. The van der Waals surface area contributed by atoms with E-state index >= 15 is 0 Å². The number of carbonyl (C=O) groups is 2. The van der Waals surface area contributed by atoms with E-state index in [9.17, 15) is 9.59 Å². The van der Waals surface area contributed by atoms with Gasteiger partial charge in [-0.3, -0.25) is 4.79 Å². The number of piperidine rings is 1. The van der Waals surface area contributed by atoms with Crippen LogP contribution in [0.1, 0.15) is 39.6 Å². The van der Waals surface area contributed by atoms with Gasteiger partial charge >= 0.3 is 11.9 Å². The molecule has 0 spiro atoms. The molecule has 1 unspecified atom stereocenters. The number of methoxy groups -OCH3 is 1. The van der Waals surface area contributed by atoms with E-state index in [4.69, 9.17) is 21.1 Å². The lowest BCUT2D eigenvalue weighted by atomic mass is 9.80. The van der Waals surface area contributed by atoms with Crippen molar-refractivity contribution in [1.82, 2.24) is 10.3 Å². The molecule has 0 radical (unpaired) electrons. The maximum absolute atomic E-state index is 13.4. The van der Waals surface area contributed by atoms with Gasteiger partial charge in [0.05, 0.1) is 17.7 Å². The molecule has 31 heavy (non-hydrogen) atoms. The van der Waals surface area contributed by atoms with E-state index in [2.05, 4.69) is 10.3 Å². The van der Waals surface area contributed by atoms with E-state index in [1.165, 1.54) is 18.4 Å². The topological polar surface area (TPSA) is 77.5 Å². The van der Waals surface area contributed by atoms with Gasteiger partial charge in [0, 0.05) is 11.6 Å². The number of ether oxygens (including phenoxy) is 2. The van der Waals surface area contributed by atoms with Gasteiger partial charge in [0.25, 0.3) is 0 Å². The van der Waals surface area contributed by atoms with Crippen LogP contribution in [0.25, 0.3) is 10.1 Å². The zero-order valence-corrected chi connectivity index (χ0v) is 18.7. The molecule has 3 aromatic rings.